The predicted molar refractivity (Wildman–Crippen MR) is 106 cm³/mol. The van der Waals surface area contributed by atoms with Gasteiger partial charge in [-0.05, 0) is 47.5 Å². The van der Waals surface area contributed by atoms with Crippen molar-refractivity contribution in [3.8, 4) is 5.75 Å². The SMILES string of the molecule is COC(=O)c1ccc(CNC(=O)c2ccc(OCc3ccccc3)cc2)cc1. The van der Waals surface area contributed by atoms with Gasteiger partial charge in [0.2, 0.25) is 0 Å². The number of benzene rings is 3. The van der Waals surface area contributed by atoms with Crippen LogP contribution in [0.15, 0.2) is 78.9 Å². The highest BCUT2D eigenvalue weighted by Crippen LogP contribution is 2.14. The van der Waals surface area contributed by atoms with Crippen molar-refractivity contribution in [1.29, 1.82) is 0 Å². The number of hydrogen-bond donors (Lipinski definition) is 1. The summed E-state index contributed by atoms with van der Waals surface area (Å²) in [6.45, 7) is 0.848. The van der Waals surface area contributed by atoms with Gasteiger partial charge in [-0.3, -0.25) is 4.79 Å². The van der Waals surface area contributed by atoms with Crippen molar-refractivity contribution in [2.75, 3.05) is 7.11 Å². The molecule has 0 unspecified atom stereocenters. The summed E-state index contributed by atoms with van der Waals surface area (Å²) in [6.07, 6.45) is 0. The molecule has 5 heteroatoms. The smallest absolute Gasteiger partial charge is 0.337 e. The van der Waals surface area contributed by atoms with Crippen LogP contribution in [0.25, 0.3) is 0 Å². The van der Waals surface area contributed by atoms with E-state index in [1.165, 1.54) is 7.11 Å². The zero-order chi connectivity index (χ0) is 19.8. The van der Waals surface area contributed by atoms with E-state index in [0.717, 1.165) is 11.1 Å². The molecule has 3 aromatic rings. The van der Waals surface area contributed by atoms with Crippen molar-refractivity contribution >= 4 is 11.9 Å². The van der Waals surface area contributed by atoms with E-state index in [9.17, 15) is 9.59 Å². The lowest BCUT2D eigenvalue weighted by atomic mass is 10.1. The minimum atomic E-state index is -0.384. The molecule has 5 nitrogen and oxygen atoms in total. The van der Waals surface area contributed by atoms with Crippen LogP contribution in [-0.2, 0) is 17.9 Å². The number of esters is 1. The second-order valence-corrected chi connectivity index (χ2v) is 6.17. The summed E-state index contributed by atoms with van der Waals surface area (Å²) in [5, 5.41) is 2.86. The van der Waals surface area contributed by atoms with Crippen molar-refractivity contribution in [2.24, 2.45) is 0 Å². The van der Waals surface area contributed by atoms with Crippen LogP contribution in [0.4, 0.5) is 0 Å². The van der Waals surface area contributed by atoms with Crippen molar-refractivity contribution in [2.45, 2.75) is 13.2 Å². The molecule has 0 fully saturated rings. The molecule has 0 bridgehead atoms. The highest BCUT2D eigenvalue weighted by atomic mass is 16.5. The first kappa shape index (κ1) is 19.2. The summed E-state index contributed by atoms with van der Waals surface area (Å²) in [7, 11) is 1.34. The molecule has 0 atom stereocenters. The van der Waals surface area contributed by atoms with E-state index >= 15 is 0 Å². The third kappa shape index (κ3) is 5.20. The summed E-state index contributed by atoms with van der Waals surface area (Å²) < 4.78 is 10.4. The van der Waals surface area contributed by atoms with Gasteiger partial charge in [-0.25, -0.2) is 4.79 Å². The Morgan fingerprint density at radius 1 is 0.786 bits per heavy atom. The summed E-state index contributed by atoms with van der Waals surface area (Å²) in [5.41, 5.74) is 3.01. The quantitative estimate of drug-likeness (QED) is 0.635. The maximum absolute atomic E-state index is 12.3. The standard InChI is InChI=1S/C23H21NO4/c1-27-23(26)20-9-7-17(8-10-20)15-24-22(25)19-11-13-21(14-12-19)28-16-18-5-3-2-4-6-18/h2-14H,15-16H2,1H3,(H,24,25). The molecule has 0 spiro atoms. The van der Waals surface area contributed by atoms with E-state index in [0.29, 0.717) is 30.0 Å². The fraction of sp³-hybridized carbons (Fsp3) is 0.130. The summed E-state index contributed by atoms with van der Waals surface area (Å²) in [4.78, 5) is 23.7. The van der Waals surface area contributed by atoms with Crippen molar-refractivity contribution < 1.29 is 19.1 Å². The van der Waals surface area contributed by atoms with E-state index in [4.69, 9.17) is 4.74 Å². The average Bonchev–Trinajstić information content (AvgIpc) is 2.77. The average molecular weight is 375 g/mol. The third-order valence-electron chi connectivity index (χ3n) is 4.19. The number of rotatable bonds is 7. The van der Waals surface area contributed by atoms with Crippen LogP contribution >= 0.6 is 0 Å². The number of hydrogen-bond acceptors (Lipinski definition) is 4. The van der Waals surface area contributed by atoms with Crippen LogP contribution in [0.5, 0.6) is 5.75 Å². The molecule has 3 aromatic carbocycles. The van der Waals surface area contributed by atoms with Gasteiger partial charge >= 0.3 is 5.97 Å². The van der Waals surface area contributed by atoms with Gasteiger partial charge in [-0.15, -0.1) is 0 Å². The zero-order valence-corrected chi connectivity index (χ0v) is 15.6. The number of ether oxygens (including phenoxy) is 2. The predicted octanol–water partition coefficient (Wildman–Crippen LogP) is 3.98. The van der Waals surface area contributed by atoms with E-state index in [1.807, 2.05) is 30.3 Å². The van der Waals surface area contributed by atoms with Crippen molar-refractivity contribution in [1.82, 2.24) is 5.32 Å². The van der Waals surface area contributed by atoms with Crippen LogP contribution in [0, 0.1) is 0 Å². The molecule has 142 valence electrons. The molecule has 0 aromatic heterocycles. The van der Waals surface area contributed by atoms with Crippen molar-refractivity contribution in [3.63, 3.8) is 0 Å². The number of methoxy groups -OCH3 is 1. The number of carbonyl (C=O) groups excluding carboxylic acids is 2. The third-order valence-corrected chi connectivity index (χ3v) is 4.19. The summed E-state index contributed by atoms with van der Waals surface area (Å²) in [5.74, 6) is 0.149. The molecule has 0 aliphatic carbocycles. The lowest BCUT2D eigenvalue weighted by Crippen LogP contribution is -2.22. The molecule has 0 aliphatic heterocycles. The first-order valence-electron chi connectivity index (χ1n) is 8.88. The van der Waals surface area contributed by atoms with Crippen LogP contribution < -0.4 is 10.1 Å². The van der Waals surface area contributed by atoms with Gasteiger partial charge in [0.1, 0.15) is 12.4 Å². The van der Waals surface area contributed by atoms with E-state index in [2.05, 4.69) is 10.1 Å². The Bertz CT molecular complexity index is 919. The fourth-order valence-electron chi connectivity index (χ4n) is 2.60. The summed E-state index contributed by atoms with van der Waals surface area (Å²) in [6, 6.07) is 23.8. The number of amides is 1. The molecule has 1 N–H and O–H groups in total. The first-order valence-corrected chi connectivity index (χ1v) is 8.88. The second-order valence-electron chi connectivity index (χ2n) is 6.17. The minimum absolute atomic E-state index is 0.174. The fourth-order valence-corrected chi connectivity index (χ4v) is 2.60. The molecule has 0 radical (unpaired) electrons. The molecular formula is C23H21NO4. The molecule has 0 saturated carbocycles. The van der Waals surface area contributed by atoms with Crippen LogP contribution in [0.2, 0.25) is 0 Å². The maximum atomic E-state index is 12.3. The van der Waals surface area contributed by atoms with Gasteiger partial charge in [-0.1, -0.05) is 42.5 Å². The Hall–Kier alpha value is -3.60. The highest BCUT2D eigenvalue weighted by Gasteiger charge is 2.07. The highest BCUT2D eigenvalue weighted by molar-refractivity contribution is 5.94. The Morgan fingerprint density at radius 2 is 1.43 bits per heavy atom. The van der Waals surface area contributed by atoms with E-state index < -0.39 is 0 Å². The molecule has 28 heavy (non-hydrogen) atoms. The van der Waals surface area contributed by atoms with Gasteiger partial charge in [0.05, 0.1) is 12.7 Å². The number of nitrogens with one attached hydrogen (secondary N) is 1. The van der Waals surface area contributed by atoms with Crippen LogP contribution in [-0.4, -0.2) is 19.0 Å². The monoisotopic (exact) mass is 375 g/mol. The maximum Gasteiger partial charge on any atom is 0.337 e. The lowest BCUT2D eigenvalue weighted by molar-refractivity contribution is 0.0600. The number of carbonyl (C=O) groups is 2. The minimum Gasteiger partial charge on any atom is -0.489 e. The first-order chi connectivity index (χ1) is 13.7. The molecule has 0 aliphatic rings. The van der Waals surface area contributed by atoms with Crippen LogP contribution in [0.3, 0.4) is 0 Å². The Balaban J connectivity index is 1.51. The Labute approximate surface area is 163 Å². The molecule has 0 saturated heterocycles. The molecule has 1 amide bonds. The van der Waals surface area contributed by atoms with Gasteiger partial charge in [0.15, 0.2) is 0 Å². The summed E-state index contributed by atoms with van der Waals surface area (Å²) >= 11 is 0. The zero-order valence-electron chi connectivity index (χ0n) is 15.6. The molecular weight excluding hydrogens is 354 g/mol. The normalized spacial score (nSPS) is 10.2. The van der Waals surface area contributed by atoms with Crippen molar-refractivity contribution in [3.05, 3.63) is 101 Å². The van der Waals surface area contributed by atoms with Gasteiger partial charge in [-0.2, -0.15) is 0 Å². The lowest BCUT2D eigenvalue weighted by Gasteiger charge is -2.08. The largest absolute Gasteiger partial charge is 0.489 e. The molecule has 3 rings (SSSR count). The Morgan fingerprint density at radius 3 is 2.07 bits per heavy atom. The Kier molecular flexibility index (Phi) is 6.41. The van der Waals surface area contributed by atoms with Gasteiger partial charge in [0, 0.05) is 12.1 Å². The second kappa shape index (κ2) is 9.37. The van der Waals surface area contributed by atoms with E-state index in [-0.39, 0.29) is 11.9 Å². The van der Waals surface area contributed by atoms with E-state index in [1.54, 1.807) is 48.5 Å². The van der Waals surface area contributed by atoms with Crippen LogP contribution in [0.1, 0.15) is 31.8 Å². The molecule has 0 heterocycles. The topological polar surface area (TPSA) is 64.6 Å². The van der Waals surface area contributed by atoms with Gasteiger partial charge in [0.25, 0.3) is 5.91 Å². The van der Waals surface area contributed by atoms with Gasteiger partial charge < -0.3 is 14.8 Å².